The van der Waals surface area contributed by atoms with Crippen LogP contribution in [0.5, 0.6) is 0 Å². The number of fused-ring (bicyclic) bond motifs is 1. The summed E-state index contributed by atoms with van der Waals surface area (Å²) in [5.41, 5.74) is 0.653. The highest BCUT2D eigenvalue weighted by molar-refractivity contribution is 5.15. The fraction of sp³-hybridized carbons (Fsp3) is 1.00. The first-order valence-electron chi connectivity index (χ1n) is 4.78. The zero-order valence-electron chi connectivity index (χ0n) is 8.02. The number of nitrogens with one attached hydrogen (secondary N) is 1. The fourth-order valence-corrected chi connectivity index (χ4v) is 2.93. The van der Waals surface area contributed by atoms with Crippen LogP contribution in [0.4, 0.5) is 0 Å². The Bertz CT molecular complexity index is 172. The molecule has 0 aromatic carbocycles. The molecule has 0 spiro atoms. The van der Waals surface area contributed by atoms with Gasteiger partial charge in [0.25, 0.3) is 0 Å². The highest BCUT2D eigenvalue weighted by atomic mass is 15.0. The van der Waals surface area contributed by atoms with Crippen LogP contribution in [-0.2, 0) is 0 Å². The van der Waals surface area contributed by atoms with Crippen molar-refractivity contribution in [1.82, 2.24) is 5.32 Å². The second-order valence-corrected chi connectivity index (χ2v) is 5.13. The maximum absolute atomic E-state index is 3.61. The van der Waals surface area contributed by atoms with Crippen LogP contribution in [0, 0.1) is 23.2 Å². The van der Waals surface area contributed by atoms with Gasteiger partial charge in [-0.2, -0.15) is 0 Å². The van der Waals surface area contributed by atoms with Crippen molar-refractivity contribution in [2.75, 3.05) is 6.54 Å². The van der Waals surface area contributed by atoms with E-state index in [2.05, 4.69) is 33.0 Å². The van der Waals surface area contributed by atoms with E-state index in [1.54, 1.807) is 0 Å². The van der Waals surface area contributed by atoms with Crippen molar-refractivity contribution in [2.24, 2.45) is 23.2 Å². The molecule has 1 aliphatic heterocycles. The Morgan fingerprint density at radius 1 is 1.36 bits per heavy atom. The molecule has 3 unspecified atom stereocenters. The van der Waals surface area contributed by atoms with E-state index < -0.39 is 0 Å². The molecule has 1 heterocycles. The van der Waals surface area contributed by atoms with Gasteiger partial charge in [0, 0.05) is 6.04 Å². The maximum Gasteiger partial charge on any atom is 0.0127 e. The van der Waals surface area contributed by atoms with Gasteiger partial charge in [-0.1, -0.05) is 27.7 Å². The van der Waals surface area contributed by atoms with Crippen molar-refractivity contribution in [2.45, 2.75) is 33.7 Å². The van der Waals surface area contributed by atoms with Gasteiger partial charge in [0.15, 0.2) is 0 Å². The molecule has 11 heavy (non-hydrogen) atoms. The van der Waals surface area contributed by atoms with E-state index in [1.807, 2.05) is 0 Å². The fourth-order valence-electron chi connectivity index (χ4n) is 2.93. The Morgan fingerprint density at radius 2 is 2.00 bits per heavy atom. The van der Waals surface area contributed by atoms with Gasteiger partial charge in [-0.3, -0.25) is 0 Å². The second kappa shape index (κ2) is 2.01. The minimum absolute atomic E-state index is 0.653. The zero-order chi connectivity index (χ0) is 8.22. The van der Waals surface area contributed by atoms with E-state index in [9.17, 15) is 0 Å². The van der Waals surface area contributed by atoms with Crippen molar-refractivity contribution in [3.63, 3.8) is 0 Å². The van der Waals surface area contributed by atoms with Crippen LogP contribution >= 0.6 is 0 Å². The third-order valence-electron chi connectivity index (χ3n) is 3.82. The summed E-state index contributed by atoms with van der Waals surface area (Å²) in [6.45, 7) is 10.8. The lowest BCUT2D eigenvalue weighted by molar-refractivity contribution is 0.336. The Morgan fingerprint density at radius 3 is 2.27 bits per heavy atom. The Balaban J connectivity index is 2.08. The van der Waals surface area contributed by atoms with Crippen LogP contribution in [-0.4, -0.2) is 12.6 Å². The zero-order valence-corrected chi connectivity index (χ0v) is 8.02. The highest BCUT2D eigenvalue weighted by Crippen LogP contribution is 2.63. The van der Waals surface area contributed by atoms with Gasteiger partial charge in [0.1, 0.15) is 0 Å². The first-order chi connectivity index (χ1) is 5.05. The Labute approximate surface area is 69.6 Å². The minimum atomic E-state index is 0.653. The predicted molar refractivity (Wildman–Crippen MR) is 47.4 cm³/mol. The Hall–Kier alpha value is -0.0400. The van der Waals surface area contributed by atoms with E-state index in [4.69, 9.17) is 0 Å². The van der Waals surface area contributed by atoms with Gasteiger partial charge in [-0.05, 0) is 29.7 Å². The molecule has 0 bridgehead atoms. The lowest BCUT2D eigenvalue weighted by Crippen LogP contribution is -2.34. The molecule has 2 fully saturated rings. The first kappa shape index (κ1) is 7.60. The smallest absolute Gasteiger partial charge is 0.0127 e. The standard InChI is InChI=1S/C10H19N/c1-6(2)9-8-7(5-11-9)10(8,3)4/h6-9,11H,5H2,1-4H3. The molecular formula is C10H19N. The molecule has 0 radical (unpaired) electrons. The molecule has 1 N–H and O–H groups in total. The molecule has 0 amide bonds. The molecule has 1 saturated heterocycles. The normalized spacial score (nSPS) is 46.1. The summed E-state index contributed by atoms with van der Waals surface area (Å²) in [4.78, 5) is 0. The van der Waals surface area contributed by atoms with E-state index in [0.29, 0.717) is 5.41 Å². The SMILES string of the molecule is CC(C)C1NCC2C1C2(C)C. The van der Waals surface area contributed by atoms with Gasteiger partial charge >= 0.3 is 0 Å². The third kappa shape index (κ3) is 0.868. The summed E-state index contributed by atoms with van der Waals surface area (Å²) in [6, 6.07) is 0.801. The quantitative estimate of drug-likeness (QED) is 0.606. The van der Waals surface area contributed by atoms with E-state index in [0.717, 1.165) is 23.8 Å². The van der Waals surface area contributed by atoms with Crippen LogP contribution in [0.2, 0.25) is 0 Å². The monoisotopic (exact) mass is 153 g/mol. The van der Waals surface area contributed by atoms with Crippen LogP contribution < -0.4 is 5.32 Å². The average Bonchev–Trinajstić information content (AvgIpc) is 2.34. The lowest BCUT2D eigenvalue weighted by Gasteiger charge is -2.21. The predicted octanol–water partition coefficient (Wildman–Crippen LogP) is 1.89. The summed E-state index contributed by atoms with van der Waals surface area (Å²) in [7, 11) is 0. The first-order valence-corrected chi connectivity index (χ1v) is 4.78. The van der Waals surface area contributed by atoms with E-state index in [1.165, 1.54) is 6.54 Å². The van der Waals surface area contributed by atoms with Crippen LogP contribution in [0.3, 0.4) is 0 Å². The molecule has 64 valence electrons. The summed E-state index contributed by atoms with van der Waals surface area (Å²) < 4.78 is 0. The molecular weight excluding hydrogens is 134 g/mol. The molecule has 2 rings (SSSR count). The maximum atomic E-state index is 3.61. The van der Waals surface area contributed by atoms with Crippen molar-refractivity contribution in [1.29, 1.82) is 0 Å². The second-order valence-electron chi connectivity index (χ2n) is 5.13. The van der Waals surface area contributed by atoms with Crippen LogP contribution in [0.25, 0.3) is 0 Å². The largest absolute Gasteiger partial charge is 0.313 e. The van der Waals surface area contributed by atoms with Crippen molar-refractivity contribution < 1.29 is 0 Å². The molecule has 1 saturated carbocycles. The highest BCUT2D eigenvalue weighted by Gasteiger charge is 2.64. The Kier molecular flexibility index (Phi) is 1.39. The molecule has 3 atom stereocenters. The van der Waals surface area contributed by atoms with Gasteiger partial charge in [-0.15, -0.1) is 0 Å². The van der Waals surface area contributed by atoms with Crippen molar-refractivity contribution in [3.8, 4) is 0 Å². The number of hydrogen-bond donors (Lipinski definition) is 1. The van der Waals surface area contributed by atoms with E-state index in [-0.39, 0.29) is 0 Å². The molecule has 0 aromatic rings. The van der Waals surface area contributed by atoms with Gasteiger partial charge < -0.3 is 5.32 Å². The lowest BCUT2D eigenvalue weighted by atomic mass is 9.95. The summed E-state index contributed by atoms with van der Waals surface area (Å²) in [6.07, 6.45) is 0. The van der Waals surface area contributed by atoms with Gasteiger partial charge in [0.2, 0.25) is 0 Å². The van der Waals surface area contributed by atoms with Crippen LogP contribution in [0.1, 0.15) is 27.7 Å². The minimum Gasteiger partial charge on any atom is -0.313 e. The summed E-state index contributed by atoms with van der Waals surface area (Å²) in [5.74, 6) is 2.77. The third-order valence-corrected chi connectivity index (χ3v) is 3.82. The molecule has 1 heteroatoms. The van der Waals surface area contributed by atoms with Gasteiger partial charge in [-0.25, -0.2) is 0 Å². The van der Waals surface area contributed by atoms with Crippen molar-refractivity contribution >= 4 is 0 Å². The molecule has 2 aliphatic rings. The summed E-state index contributed by atoms with van der Waals surface area (Å²) >= 11 is 0. The summed E-state index contributed by atoms with van der Waals surface area (Å²) in [5, 5.41) is 3.61. The molecule has 0 aromatic heterocycles. The number of rotatable bonds is 1. The average molecular weight is 153 g/mol. The molecule has 1 nitrogen and oxygen atoms in total. The van der Waals surface area contributed by atoms with Gasteiger partial charge in [0.05, 0.1) is 0 Å². The van der Waals surface area contributed by atoms with E-state index >= 15 is 0 Å². The topological polar surface area (TPSA) is 12.0 Å². The number of hydrogen-bond acceptors (Lipinski definition) is 1. The molecule has 1 aliphatic carbocycles. The number of piperidine rings is 1. The van der Waals surface area contributed by atoms with Crippen molar-refractivity contribution in [3.05, 3.63) is 0 Å². The van der Waals surface area contributed by atoms with Crippen LogP contribution in [0.15, 0.2) is 0 Å².